The molecule has 2 aliphatic heterocycles. The second-order valence-electron chi connectivity index (χ2n) is 6.73. The van der Waals surface area contributed by atoms with E-state index in [-0.39, 0.29) is 5.41 Å². The second-order valence-corrected chi connectivity index (χ2v) is 6.73. The molecule has 3 fully saturated rings. The van der Waals surface area contributed by atoms with Gasteiger partial charge in [-0.3, -0.25) is 0 Å². The van der Waals surface area contributed by atoms with Crippen LogP contribution in [0.2, 0.25) is 0 Å². The molecule has 0 aromatic rings. The lowest BCUT2D eigenvalue weighted by Gasteiger charge is -2.31. The minimum absolute atomic E-state index is 0.133. The maximum Gasteiger partial charge on any atom is 0.280 e. The van der Waals surface area contributed by atoms with E-state index in [1.165, 1.54) is 31.3 Å². The highest BCUT2D eigenvalue weighted by atomic mass is 16.7. The van der Waals surface area contributed by atoms with Gasteiger partial charge in [-0.1, -0.05) is 26.7 Å². The zero-order valence-corrected chi connectivity index (χ0v) is 11.5. The van der Waals surface area contributed by atoms with E-state index in [0.29, 0.717) is 12.7 Å². The van der Waals surface area contributed by atoms with Gasteiger partial charge in [0.05, 0.1) is 25.9 Å². The van der Waals surface area contributed by atoms with Crippen LogP contribution >= 0.6 is 0 Å². The molecule has 1 aliphatic carbocycles. The van der Waals surface area contributed by atoms with Crippen LogP contribution < -0.4 is 0 Å². The van der Waals surface area contributed by atoms with Crippen molar-refractivity contribution in [1.82, 2.24) is 0 Å². The third-order valence-corrected chi connectivity index (χ3v) is 4.32. The largest absolute Gasteiger partial charge is 0.465 e. The third-order valence-electron chi connectivity index (χ3n) is 4.32. The van der Waals surface area contributed by atoms with Crippen molar-refractivity contribution in [2.45, 2.75) is 52.1 Å². The zero-order valence-electron chi connectivity index (χ0n) is 11.5. The van der Waals surface area contributed by atoms with Gasteiger partial charge in [-0.15, -0.1) is 0 Å². The highest BCUT2D eigenvalue weighted by Gasteiger charge is 2.35. The van der Waals surface area contributed by atoms with E-state index in [1.807, 2.05) is 0 Å². The minimum Gasteiger partial charge on any atom is -0.465 e. The molecule has 0 aromatic heterocycles. The first kappa shape index (κ1) is 12.3. The molecule has 0 amide bonds. The van der Waals surface area contributed by atoms with Gasteiger partial charge in [0, 0.05) is 17.4 Å². The Labute approximate surface area is 109 Å². The first-order valence-electron chi connectivity index (χ1n) is 7.23. The Kier molecular flexibility index (Phi) is 3.27. The van der Waals surface area contributed by atoms with Gasteiger partial charge in [0.25, 0.3) is 5.95 Å². The molecular weight excluding hydrogens is 228 g/mol. The molecule has 0 bridgehead atoms. The summed E-state index contributed by atoms with van der Waals surface area (Å²) in [5, 5.41) is 0. The number of hydrogen-bond acceptors (Lipinski definition) is 3. The van der Waals surface area contributed by atoms with Gasteiger partial charge in [0.15, 0.2) is 0 Å². The standard InChI is InChI=1S/C15H24O3/c1-15(2)9-17-14(18-10-15)12-7-13(16-8-12)11-5-3-4-6-11/h11,13H,3-10H2,1-2H3. The molecule has 1 saturated carbocycles. The van der Waals surface area contributed by atoms with Gasteiger partial charge < -0.3 is 14.2 Å². The molecule has 3 rings (SSSR count). The normalized spacial score (nSPS) is 32.4. The lowest BCUT2D eigenvalue weighted by Crippen LogP contribution is -2.31. The van der Waals surface area contributed by atoms with Crippen LogP contribution in [-0.2, 0) is 14.2 Å². The lowest BCUT2D eigenvalue weighted by molar-refractivity contribution is -0.0878. The molecule has 1 atom stereocenters. The van der Waals surface area contributed by atoms with Gasteiger partial charge in [-0.05, 0) is 18.8 Å². The first-order chi connectivity index (χ1) is 8.64. The van der Waals surface area contributed by atoms with E-state index < -0.39 is 0 Å². The maximum absolute atomic E-state index is 5.94. The van der Waals surface area contributed by atoms with E-state index in [1.54, 1.807) is 0 Å². The van der Waals surface area contributed by atoms with Crippen LogP contribution in [0.1, 0.15) is 46.0 Å². The number of ether oxygens (including phenoxy) is 3. The van der Waals surface area contributed by atoms with Gasteiger partial charge in [-0.2, -0.15) is 0 Å². The molecule has 3 heteroatoms. The Morgan fingerprint density at radius 1 is 1.06 bits per heavy atom. The van der Waals surface area contributed by atoms with Crippen molar-refractivity contribution in [2.75, 3.05) is 19.8 Å². The fraction of sp³-hybridized carbons (Fsp3) is 0.867. The first-order valence-corrected chi connectivity index (χ1v) is 7.23. The summed E-state index contributed by atoms with van der Waals surface area (Å²) in [6.07, 6.45) is 6.84. The molecule has 3 nitrogen and oxygen atoms in total. The zero-order chi connectivity index (χ0) is 12.6. The Bertz CT molecular complexity index is 328. The van der Waals surface area contributed by atoms with Crippen molar-refractivity contribution in [3.8, 4) is 0 Å². The van der Waals surface area contributed by atoms with Gasteiger partial charge in [-0.25, -0.2) is 0 Å². The van der Waals surface area contributed by atoms with Crippen molar-refractivity contribution < 1.29 is 14.2 Å². The van der Waals surface area contributed by atoms with Gasteiger partial charge in [0.1, 0.15) is 0 Å². The van der Waals surface area contributed by atoms with Crippen molar-refractivity contribution in [1.29, 1.82) is 0 Å². The molecule has 2 heterocycles. The van der Waals surface area contributed by atoms with Crippen molar-refractivity contribution in [3.05, 3.63) is 11.5 Å². The van der Waals surface area contributed by atoms with Crippen LogP contribution in [0.25, 0.3) is 0 Å². The summed E-state index contributed by atoms with van der Waals surface area (Å²) in [4.78, 5) is 0. The summed E-state index contributed by atoms with van der Waals surface area (Å²) < 4.78 is 17.5. The lowest BCUT2D eigenvalue weighted by atomic mass is 9.95. The molecule has 0 aromatic carbocycles. The van der Waals surface area contributed by atoms with Crippen molar-refractivity contribution in [3.63, 3.8) is 0 Å². The topological polar surface area (TPSA) is 27.7 Å². The molecule has 0 spiro atoms. The quantitative estimate of drug-likeness (QED) is 0.717. The summed E-state index contributed by atoms with van der Waals surface area (Å²) in [7, 11) is 0. The Morgan fingerprint density at radius 2 is 1.72 bits per heavy atom. The van der Waals surface area contributed by atoms with Crippen LogP contribution in [0, 0.1) is 11.3 Å². The number of hydrogen-bond donors (Lipinski definition) is 0. The fourth-order valence-corrected chi connectivity index (χ4v) is 3.15. The summed E-state index contributed by atoms with van der Waals surface area (Å²) in [5.74, 6) is 1.53. The molecule has 102 valence electrons. The molecule has 1 unspecified atom stereocenters. The Morgan fingerprint density at radius 3 is 2.39 bits per heavy atom. The highest BCUT2D eigenvalue weighted by Crippen LogP contribution is 2.37. The van der Waals surface area contributed by atoms with Gasteiger partial charge >= 0.3 is 0 Å². The average molecular weight is 252 g/mol. The van der Waals surface area contributed by atoms with Crippen molar-refractivity contribution >= 4 is 0 Å². The summed E-state index contributed by atoms with van der Waals surface area (Å²) in [6, 6.07) is 0. The maximum atomic E-state index is 5.94. The minimum atomic E-state index is 0.133. The Balaban J connectivity index is 1.61. The van der Waals surface area contributed by atoms with E-state index in [9.17, 15) is 0 Å². The Hall–Kier alpha value is -0.700. The molecule has 0 radical (unpaired) electrons. The molecule has 2 saturated heterocycles. The predicted molar refractivity (Wildman–Crippen MR) is 69.0 cm³/mol. The third kappa shape index (κ3) is 2.51. The average Bonchev–Trinajstić information content (AvgIpc) is 2.99. The molecule has 18 heavy (non-hydrogen) atoms. The van der Waals surface area contributed by atoms with Crippen LogP contribution in [0.4, 0.5) is 0 Å². The fourth-order valence-electron chi connectivity index (χ4n) is 3.15. The summed E-state index contributed by atoms with van der Waals surface area (Å²) >= 11 is 0. The van der Waals surface area contributed by atoms with Gasteiger partial charge in [0.2, 0.25) is 0 Å². The van der Waals surface area contributed by atoms with Crippen LogP contribution in [0.3, 0.4) is 0 Å². The second kappa shape index (κ2) is 4.76. The molecule has 3 aliphatic rings. The molecular formula is C15H24O3. The summed E-state index contributed by atoms with van der Waals surface area (Å²) in [6.45, 7) is 6.54. The predicted octanol–water partition coefficient (Wildman–Crippen LogP) is 3.25. The van der Waals surface area contributed by atoms with Crippen LogP contribution in [0.5, 0.6) is 0 Å². The SMILES string of the molecule is CC1(C)COC(=C2COC(C3CCCC3)C2)OC1. The molecule has 0 N–H and O–H groups in total. The van der Waals surface area contributed by atoms with Crippen LogP contribution in [0.15, 0.2) is 11.5 Å². The van der Waals surface area contributed by atoms with E-state index in [0.717, 1.165) is 31.5 Å². The van der Waals surface area contributed by atoms with E-state index in [2.05, 4.69) is 13.8 Å². The van der Waals surface area contributed by atoms with Crippen LogP contribution in [-0.4, -0.2) is 25.9 Å². The van der Waals surface area contributed by atoms with E-state index in [4.69, 9.17) is 14.2 Å². The van der Waals surface area contributed by atoms with E-state index >= 15 is 0 Å². The summed E-state index contributed by atoms with van der Waals surface area (Å²) in [5.41, 5.74) is 1.37. The number of rotatable bonds is 1. The smallest absolute Gasteiger partial charge is 0.280 e. The highest BCUT2D eigenvalue weighted by molar-refractivity contribution is 5.12. The monoisotopic (exact) mass is 252 g/mol. The van der Waals surface area contributed by atoms with Crippen molar-refractivity contribution in [2.24, 2.45) is 11.3 Å².